The summed E-state index contributed by atoms with van der Waals surface area (Å²) < 4.78 is 12.3. The fourth-order valence-corrected chi connectivity index (χ4v) is 2.78. The number of rotatable bonds is 6. The lowest BCUT2D eigenvalue weighted by Gasteiger charge is -2.12. The molecule has 26 heavy (non-hydrogen) atoms. The molecule has 1 aromatic heterocycles. The number of carbonyl (C=O) groups excluding carboxylic acids is 1. The first kappa shape index (κ1) is 17.5. The first-order valence-corrected chi connectivity index (χ1v) is 8.21. The topological polar surface area (TPSA) is 65.4 Å². The zero-order chi connectivity index (χ0) is 18.5. The van der Waals surface area contributed by atoms with Crippen LogP contribution in [-0.2, 0) is 6.54 Å². The summed E-state index contributed by atoms with van der Waals surface area (Å²) in [6, 6.07) is 13.4. The summed E-state index contributed by atoms with van der Waals surface area (Å²) in [6.07, 6.45) is 3.41. The number of ether oxygens (including phenoxy) is 2. The van der Waals surface area contributed by atoms with Crippen molar-refractivity contribution >= 4 is 11.6 Å². The van der Waals surface area contributed by atoms with Gasteiger partial charge in [-0.2, -0.15) is 5.10 Å². The summed E-state index contributed by atoms with van der Waals surface area (Å²) in [4.78, 5) is 12.7. The van der Waals surface area contributed by atoms with Gasteiger partial charge in [0, 0.05) is 6.20 Å². The first-order valence-electron chi connectivity index (χ1n) is 8.21. The quantitative estimate of drug-likeness (QED) is 0.738. The lowest BCUT2D eigenvalue weighted by Crippen LogP contribution is -2.14. The Kier molecular flexibility index (Phi) is 5.22. The van der Waals surface area contributed by atoms with Gasteiger partial charge in [-0.15, -0.1) is 0 Å². The second-order valence-electron chi connectivity index (χ2n) is 5.91. The molecule has 0 saturated heterocycles. The predicted molar refractivity (Wildman–Crippen MR) is 100 cm³/mol. The molecule has 0 unspecified atom stereocenters. The number of methoxy groups -OCH3 is 2. The lowest BCUT2D eigenvalue weighted by molar-refractivity contribution is 0.102. The van der Waals surface area contributed by atoms with E-state index < -0.39 is 0 Å². The zero-order valence-corrected chi connectivity index (χ0v) is 15.0. The highest BCUT2D eigenvalue weighted by molar-refractivity contribution is 6.08. The average molecular weight is 351 g/mol. The molecule has 3 rings (SSSR count). The third-order valence-electron chi connectivity index (χ3n) is 3.97. The van der Waals surface area contributed by atoms with Crippen LogP contribution in [-0.4, -0.2) is 29.9 Å². The Morgan fingerprint density at radius 3 is 2.46 bits per heavy atom. The number of nitrogens with zero attached hydrogens (tertiary/aromatic N) is 2. The van der Waals surface area contributed by atoms with E-state index in [-0.39, 0.29) is 5.91 Å². The molecular formula is C20H21N3O3. The van der Waals surface area contributed by atoms with Gasteiger partial charge in [0.1, 0.15) is 17.1 Å². The Morgan fingerprint density at radius 1 is 1.12 bits per heavy atom. The summed E-state index contributed by atoms with van der Waals surface area (Å²) in [5.41, 5.74) is 3.31. The number of anilines is 1. The molecule has 2 aromatic carbocycles. The van der Waals surface area contributed by atoms with Crippen LogP contribution in [0, 0.1) is 6.92 Å². The normalized spacial score (nSPS) is 10.4. The number of hydrogen-bond donors (Lipinski definition) is 1. The molecule has 134 valence electrons. The highest BCUT2D eigenvalue weighted by atomic mass is 16.5. The number of nitrogens with one attached hydrogen (secondary N) is 1. The largest absolute Gasteiger partial charge is 0.496 e. The van der Waals surface area contributed by atoms with Crippen molar-refractivity contribution < 1.29 is 14.3 Å². The van der Waals surface area contributed by atoms with Crippen LogP contribution >= 0.6 is 0 Å². The molecule has 0 aliphatic heterocycles. The number of hydrogen-bond acceptors (Lipinski definition) is 4. The molecule has 1 heterocycles. The molecule has 0 aliphatic rings. The van der Waals surface area contributed by atoms with Crippen molar-refractivity contribution in [2.75, 3.05) is 19.5 Å². The standard InChI is InChI=1S/C20H21N3O3/c1-14-6-4-7-15(10-14)12-23-13-16(11-21-23)22-20(24)19-17(25-2)8-5-9-18(19)26-3/h4-11,13H,12H2,1-3H3,(H,22,24). The van der Waals surface area contributed by atoms with E-state index in [0.717, 1.165) is 5.56 Å². The molecule has 1 N–H and O–H groups in total. The Balaban J connectivity index is 1.76. The number of benzene rings is 2. The summed E-state index contributed by atoms with van der Waals surface area (Å²) in [5, 5.41) is 7.16. The van der Waals surface area contributed by atoms with Gasteiger partial charge in [-0.3, -0.25) is 9.48 Å². The van der Waals surface area contributed by atoms with E-state index in [0.29, 0.717) is 29.3 Å². The minimum absolute atomic E-state index is 0.311. The monoisotopic (exact) mass is 351 g/mol. The van der Waals surface area contributed by atoms with Crippen molar-refractivity contribution in [1.29, 1.82) is 0 Å². The molecule has 1 amide bonds. The van der Waals surface area contributed by atoms with Gasteiger partial charge in [0.2, 0.25) is 0 Å². The summed E-state index contributed by atoms with van der Waals surface area (Å²) in [5.74, 6) is 0.595. The second kappa shape index (κ2) is 7.74. The van der Waals surface area contributed by atoms with Crippen molar-refractivity contribution in [1.82, 2.24) is 9.78 Å². The highest BCUT2D eigenvalue weighted by Crippen LogP contribution is 2.29. The van der Waals surface area contributed by atoms with E-state index in [4.69, 9.17) is 9.47 Å². The molecule has 3 aromatic rings. The van der Waals surface area contributed by atoms with Crippen LogP contribution < -0.4 is 14.8 Å². The Bertz CT molecular complexity index is 896. The maximum Gasteiger partial charge on any atom is 0.263 e. The second-order valence-corrected chi connectivity index (χ2v) is 5.91. The van der Waals surface area contributed by atoms with Crippen molar-refractivity contribution in [2.24, 2.45) is 0 Å². The van der Waals surface area contributed by atoms with E-state index in [1.165, 1.54) is 19.8 Å². The van der Waals surface area contributed by atoms with E-state index in [1.807, 2.05) is 12.1 Å². The van der Waals surface area contributed by atoms with Crippen molar-refractivity contribution in [3.8, 4) is 11.5 Å². The van der Waals surface area contributed by atoms with Crippen molar-refractivity contribution in [3.63, 3.8) is 0 Å². The smallest absolute Gasteiger partial charge is 0.263 e. The Morgan fingerprint density at radius 2 is 1.81 bits per heavy atom. The molecule has 0 aliphatic carbocycles. The highest BCUT2D eigenvalue weighted by Gasteiger charge is 2.18. The van der Waals surface area contributed by atoms with Crippen molar-refractivity contribution in [2.45, 2.75) is 13.5 Å². The summed E-state index contributed by atoms with van der Waals surface area (Å²) >= 11 is 0. The molecule has 6 nitrogen and oxygen atoms in total. The van der Waals surface area contributed by atoms with Crippen LogP contribution in [0.3, 0.4) is 0 Å². The van der Waals surface area contributed by atoms with Gasteiger partial charge in [-0.1, -0.05) is 35.9 Å². The van der Waals surface area contributed by atoms with Crippen LogP contribution in [0.2, 0.25) is 0 Å². The number of aromatic nitrogens is 2. The number of carbonyl (C=O) groups is 1. The SMILES string of the molecule is COc1cccc(OC)c1C(=O)Nc1cnn(Cc2cccc(C)c2)c1. The fraction of sp³-hybridized carbons (Fsp3) is 0.200. The molecule has 0 atom stereocenters. The maximum atomic E-state index is 12.7. The van der Waals surface area contributed by atoms with E-state index in [2.05, 4.69) is 29.5 Å². The van der Waals surface area contributed by atoms with Gasteiger partial charge in [-0.25, -0.2) is 0 Å². The van der Waals surface area contributed by atoms with Crippen LogP contribution in [0.15, 0.2) is 54.9 Å². The molecule has 0 radical (unpaired) electrons. The van der Waals surface area contributed by atoms with Gasteiger partial charge >= 0.3 is 0 Å². The number of amides is 1. The minimum Gasteiger partial charge on any atom is -0.496 e. The van der Waals surface area contributed by atoms with E-state index >= 15 is 0 Å². The fourth-order valence-electron chi connectivity index (χ4n) is 2.78. The molecule has 0 bridgehead atoms. The predicted octanol–water partition coefficient (Wildman–Crippen LogP) is 3.51. The van der Waals surface area contributed by atoms with Gasteiger partial charge in [0.15, 0.2) is 0 Å². The first-order chi connectivity index (χ1) is 12.6. The van der Waals surface area contributed by atoms with Crippen LogP contribution in [0.25, 0.3) is 0 Å². The lowest BCUT2D eigenvalue weighted by atomic mass is 10.1. The van der Waals surface area contributed by atoms with Gasteiger partial charge in [-0.05, 0) is 24.6 Å². The van der Waals surface area contributed by atoms with Crippen LogP contribution in [0.5, 0.6) is 11.5 Å². The van der Waals surface area contributed by atoms with E-state index in [9.17, 15) is 4.79 Å². The van der Waals surface area contributed by atoms with Gasteiger partial charge in [0.05, 0.1) is 32.6 Å². The van der Waals surface area contributed by atoms with Crippen LogP contribution in [0.4, 0.5) is 5.69 Å². The molecule has 0 spiro atoms. The molecule has 0 saturated carbocycles. The zero-order valence-electron chi connectivity index (χ0n) is 15.0. The minimum atomic E-state index is -0.311. The van der Waals surface area contributed by atoms with Crippen LogP contribution in [0.1, 0.15) is 21.5 Å². The van der Waals surface area contributed by atoms with Gasteiger partial charge in [0.25, 0.3) is 5.91 Å². The Labute approximate surface area is 152 Å². The van der Waals surface area contributed by atoms with E-state index in [1.54, 1.807) is 35.3 Å². The maximum absolute atomic E-state index is 12.7. The van der Waals surface area contributed by atoms with Crippen molar-refractivity contribution in [3.05, 3.63) is 71.5 Å². The molecular weight excluding hydrogens is 330 g/mol. The third kappa shape index (κ3) is 3.85. The third-order valence-corrected chi connectivity index (χ3v) is 3.97. The molecule has 6 heteroatoms. The average Bonchev–Trinajstić information content (AvgIpc) is 3.07. The van der Waals surface area contributed by atoms with Gasteiger partial charge < -0.3 is 14.8 Å². The molecule has 0 fully saturated rings. The Hall–Kier alpha value is -3.28. The number of aryl methyl sites for hydroxylation is 1. The summed E-state index contributed by atoms with van der Waals surface area (Å²) in [7, 11) is 3.04. The summed E-state index contributed by atoms with van der Waals surface area (Å²) in [6.45, 7) is 2.69.